The fourth-order valence-corrected chi connectivity index (χ4v) is 3.02. The zero-order valence-electron chi connectivity index (χ0n) is 14.5. The largest absolute Gasteiger partial charge is 0.396 e. The van der Waals surface area contributed by atoms with Gasteiger partial charge in [0.2, 0.25) is 0 Å². The molecule has 0 aliphatic rings. The predicted octanol–water partition coefficient (Wildman–Crippen LogP) is 1.81. The van der Waals surface area contributed by atoms with Gasteiger partial charge in [-0.3, -0.25) is 14.6 Å². The topological polar surface area (TPSA) is 95.1 Å². The molecule has 1 atom stereocenters. The highest BCUT2D eigenvalue weighted by Gasteiger charge is 2.16. The van der Waals surface area contributed by atoms with Gasteiger partial charge in [0.05, 0.1) is 0 Å². The monoisotopic (exact) mass is 351 g/mol. The quantitative estimate of drug-likeness (QED) is 0.631. The van der Waals surface area contributed by atoms with Crippen LogP contribution in [0.2, 0.25) is 0 Å². The number of amides is 1. The molecule has 2 heterocycles. The Bertz CT molecular complexity index is 967. The number of H-pyrrole nitrogens is 1. The van der Waals surface area contributed by atoms with Crippen molar-refractivity contribution in [2.45, 2.75) is 13.3 Å². The van der Waals surface area contributed by atoms with Crippen LogP contribution in [-0.2, 0) is 6.42 Å². The normalized spacial score (nSPS) is 12.1. The number of aliphatic hydroxyl groups excluding tert-OH is 1. The summed E-state index contributed by atoms with van der Waals surface area (Å²) in [6, 6.07) is 11.0. The molecule has 6 heteroatoms. The second kappa shape index (κ2) is 7.93. The smallest absolute Gasteiger partial charge is 0.268 e. The van der Waals surface area contributed by atoms with E-state index in [1.165, 1.54) is 0 Å². The van der Waals surface area contributed by atoms with Gasteiger partial charge in [0.1, 0.15) is 5.69 Å². The lowest BCUT2D eigenvalue weighted by molar-refractivity contribution is 0.0934. The van der Waals surface area contributed by atoms with Crippen molar-refractivity contribution >= 4 is 16.7 Å². The second-order valence-corrected chi connectivity index (χ2v) is 6.32. The van der Waals surface area contributed by atoms with E-state index in [1.54, 1.807) is 24.5 Å². The number of aryl methyl sites for hydroxylation is 1. The highest BCUT2D eigenvalue weighted by atomic mass is 16.3. The summed E-state index contributed by atoms with van der Waals surface area (Å²) < 4.78 is 0. The summed E-state index contributed by atoms with van der Waals surface area (Å²) in [7, 11) is 0. The highest BCUT2D eigenvalue weighted by molar-refractivity contribution is 5.99. The van der Waals surface area contributed by atoms with Crippen molar-refractivity contribution in [3.05, 3.63) is 76.0 Å². The van der Waals surface area contributed by atoms with E-state index < -0.39 is 0 Å². The second-order valence-electron chi connectivity index (χ2n) is 6.32. The van der Waals surface area contributed by atoms with Crippen molar-refractivity contribution in [3.63, 3.8) is 0 Å². The average molecular weight is 351 g/mol. The van der Waals surface area contributed by atoms with Gasteiger partial charge in [-0.1, -0.05) is 18.2 Å². The van der Waals surface area contributed by atoms with E-state index in [0.717, 1.165) is 16.5 Å². The van der Waals surface area contributed by atoms with Crippen LogP contribution in [0.4, 0.5) is 0 Å². The number of aromatic nitrogens is 2. The summed E-state index contributed by atoms with van der Waals surface area (Å²) in [4.78, 5) is 31.4. The summed E-state index contributed by atoms with van der Waals surface area (Å²) in [6.45, 7) is 2.08. The molecule has 0 bridgehead atoms. The van der Waals surface area contributed by atoms with Crippen LogP contribution >= 0.6 is 0 Å². The van der Waals surface area contributed by atoms with Crippen molar-refractivity contribution in [1.82, 2.24) is 15.3 Å². The minimum Gasteiger partial charge on any atom is -0.396 e. The van der Waals surface area contributed by atoms with Gasteiger partial charge in [0.15, 0.2) is 0 Å². The molecule has 1 amide bonds. The van der Waals surface area contributed by atoms with Crippen LogP contribution in [0, 0.1) is 12.8 Å². The summed E-state index contributed by atoms with van der Waals surface area (Å²) in [5.74, 6) is -0.465. The number of aliphatic hydroxyl groups is 1. The van der Waals surface area contributed by atoms with Gasteiger partial charge >= 0.3 is 0 Å². The number of nitrogens with one attached hydrogen (secondary N) is 2. The van der Waals surface area contributed by atoms with Gasteiger partial charge in [0, 0.05) is 36.8 Å². The van der Waals surface area contributed by atoms with E-state index in [1.807, 2.05) is 31.2 Å². The molecule has 0 fully saturated rings. The SMILES string of the molecule is Cc1c(C(=O)NCC(CO)Cc2ccncc2)[nH]c(=O)c2ccccc12. The third kappa shape index (κ3) is 3.81. The molecule has 0 radical (unpaired) electrons. The molecule has 1 unspecified atom stereocenters. The molecule has 3 rings (SSSR count). The molecule has 26 heavy (non-hydrogen) atoms. The first-order valence-corrected chi connectivity index (χ1v) is 8.49. The number of carbonyl (C=O) groups excluding carboxylic acids is 1. The minimum atomic E-state index is -0.349. The first kappa shape index (κ1) is 17.8. The Kier molecular flexibility index (Phi) is 5.43. The van der Waals surface area contributed by atoms with Gasteiger partial charge in [-0.15, -0.1) is 0 Å². The van der Waals surface area contributed by atoms with E-state index >= 15 is 0 Å². The van der Waals surface area contributed by atoms with Gasteiger partial charge in [-0.05, 0) is 48.1 Å². The minimum absolute atomic E-state index is 0.0458. The number of pyridine rings is 2. The maximum atomic E-state index is 12.6. The average Bonchev–Trinajstić information content (AvgIpc) is 2.68. The van der Waals surface area contributed by atoms with E-state index in [4.69, 9.17) is 0 Å². The first-order valence-electron chi connectivity index (χ1n) is 8.49. The molecular formula is C20H21N3O3. The van der Waals surface area contributed by atoms with Crippen LogP contribution in [0.15, 0.2) is 53.6 Å². The zero-order valence-corrected chi connectivity index (χ0v) is 14.5. The molecule has 0 aliphatic carbocycles. The Morgan fingerprint density at radius 1 is 1.19 bits per heavy atom. The summed E-state index contributed by atoms with van der Waals surface area (Å²) in [6.07, 6.45) is 4.03. The fraction of sp³-hybridized carbons (Fsp3) is 0.250. The molecule has 2 aromatic heterocycles. The number of benzene rings is 1. The molecule has 1 aromatic carbocycles. The number of nitrogens with zero attached hydrogens (tertiary/aromatic N) is 1. The molecule has 134 valence electrons. The van der Waals surface area contributed by atoms with E-state index in [9.17, 15) is 14.7 Å². The molecule has 0 spiro atoms. The predicted molar refractivity (Wildman–Crippen MR) is 100 cm³/mol. The molecule has 0 aliphatic heterocycles. The Balaban J connectivity index is 1.74. The van der Waals surface area contributed by atoms with E-state index in [2.05, 4.69) is 15.3 Å². The lowest BCUT2D eigenvalue weighted by Crippen LogP contribution is -2.33. The molecule has 0 saturated heterocycles. The summed E-state index contributed by atoms with van der Waals surface area (Å²) in [5.41, 5.74) is 1.75. The van der Waals surface area contributed by atoms with Gasteiger partial charge in [-0.2, -0.15) is 0 Å². The highest BCUT2D eigenvalue weighted by Crippen LogP contribution is 2.17. The van der Waals surface area contributed by atoms with Crippen LogP contribution in [0.1, 0.15) is 21.6 Å². The van der Waals surface area contributed by atoms with Crippen molar-refractivity contribution in [3.8, 4) is 0 Å². The first-order chi connectivity index (χ1) is 12.6. The van der Waals surface area contributed by atoms with Crippen molar-refractivity contribution in [2.75, 3.05) is 13.2 Å². The zero-order chi connectivity index (χ0) is 18.5. The van der Waals surface area contributed by atoms with Crippen LogP contribution in [0.5, 0.6) is 0 Å². The lowest BCUT2D eigenvalue weighted by Gasteiger charge is -2.16. The molecule has 6 nitrogen and oxygen atoms in total. The van der Waals surface area contributed by atoms with Gasteiger partial charge in [-0.25, -0.2) is 0 Å². The number of hydrogen-bond donors (Lipinski definition) is 3. The van der Waals surface area contributed by atoms with Crippen LogP contribution in [0.3, 0.4) is 0 Å². The number of rotatable bonds is 6. The molecule has 3 aromatic rings. The molecule has 3 N–H and O–H groups in total. The number of carbonyl (C=O) groups is 1. The lowest BCUT2D eigenvalue weighted by atomic mass is 10.0. The Morgan fingerprint density at radius 3 is 2.58 bits per heavy atom. The maximum Gasteiger partial charge on any atom is 0.268 e. The standard InChI is InChI=1S/C20H21N3O3/c1-13-16-4-2-3-5-17(16)19(25)23-18(13)20(26)22-11-15(12-24)10-14-6-8-21-9-7-14/h2-9,15,24H,10-12H2,1H3,(H,22,26)(H,23,25). The van der Waals surface area contributed by atoms with E-state index in [-0.39, 0.29) is 29.7 Å². The van der Waals surface area contributed by atoms with Crippen LogP contribution in [-0.4, -0.2) is 34.1 Å². The van der Waals surface area contributed by atoms with Crippen molar-refractivity contribution in [2.24, 2.45) is 5.92 Å². The number of fused-ring (bicyclic) bond motifs is 1. The maximum absolute atomic E-state index is 12.6. The third-order valence-electron chi connectivity index (χ3n) is 4.50. The van der Waals surface area contributed by atoms with Crippen molar-refractivity contribution in [1.29, 1.82) is 0 Å². The molecule has 0 saturated carbocycles. The summed E-state index contributed by atoms with van der Waals surface area (Å²) in [5, 5.41) is 13.7. The number of aromatic amines is 1. The van der Waals surface area contributed by atoms with Gasteiger partial charge in [0.25, 0.3) is 11.5 Å². The fourth-order valence-electron chi connectivity index (χ4n) is 3.02. The van der Waals surface area contributed by atoms with Crippen LogP contribution < -0.4 is 10.9 Å². The van der Waals surface area contributed by atoms with Crippen molar-refractivity contribution < 1.29 is 9.90 Å². The van der Waals surface area contributed by atoms with E-state index in [0.29, 0.717) is 18.4 Å². The third-order valence-corrected chi connectivity index (χ3v) is 4.50. The Morgan fingerprint density at radius 2 is 1.88 bits per heavy atom. The molecular weight excluding hydrogens is 330 g/mol. The Labute approximate surface area is 150 Å². The van der Waals surface area contributed by atoms with Gasteiger partial charge < -0.3 is 15.4 Å². The Hall–Kier alpha value is -2.99. The summed E-state index contributed by atoms with van der Waals surface area (Å²) >= 11 is 0. The number of hydrogen-bond acceptors (Lipinski definition) is 4. The van der Waals surface area contributed by atoms with Crippen LogP contribution in [0.25, 0.3) is 10.8 Å².